The molecule has 3 heterocycles. The predicted octanol–water partition coefficient (Wildman–Crippen LogP) is 2.03. The molecule has 0 aliphatic rings. The van der Waals surface area contributed by atoms with Crippen LogP contribution in [0.5, 0.6) is 0 Å². The van der Waals surface area contributed by atoms with Crippen LogP contribution in [0.15, 0.2) is 39.5 Å². The Morgan fingerprint density at radius 1 is 1.25 bits per heavy atom. The van der Waals surface area contributed by atoms with E-state index in [0.29, 0.717) is 17.3 Å². The Morgan fingerprint density at radius 3 is 2.79 bits per heavy atom. The van der Waals surface area contributed by atoms with E-state index >= 15 is 0 Å². The highest BCUT2D eigenvalue weighted by molar-refractivity contribution is 5.92. The maximum Gasteiger partial charge on any atom is 0.273 e. The van der Waals surface area contributed by atoms with Crippen molar-refractivity contribution in [2.75, 3.05) is 19.0 Å². The highest BCUT2D eigenvalue weighted by atomic mass is 16.5. The number of furan rings is 1. The van der Waals surface area contributed by atoms with Crippen LogP contribution in [0.25, 0.3) is 11.5 Å². The van der Waals surface area contributed by atoms with Crippen LogP contribution in [0.3, 0.4) is 0 Å². The van der Waals surface area contributed by atoms with E-state index in [9.17, 15) is 4.79 Å². The Kier molecular flexibility index (Phi) is 4.28. The fraction of sp³-hybridized carbons (Fsp3) is 0.250. The van der Waals surface area contributed by atoms with Gasteiger partial charge in [0.05, 0.1) is 12.8 Å². The third-order valence-corrected chi connectivity index (χ3v) is 3.26. The van der Waals surface area contributed by atoms with Gasteiger partial charge in [-0.2, -0.15) is 0 Å². The number of carbonyl (C=O) groups excluding carboxylic acids is 1. The Hall–Kier alpha value is -3.16. The van der Waals surface area contributed by atoms with Crippen molar-refractivity contribution in [2.24, 2.45) is 0 Å². The van der Waals surface area contributed by atoms with Crippen LogP contribution < -0.4 is 10.2 Å². The molecule has 8 nitrogen and oxygen atoms in total. The lowest BCUT2D eigenvalue weighted by Gasteiger charge is -2.13. The van der Waals surface area contributed by atoms with Crippen LogP contribution in [0, 0.1) is 6.92 Å². The van der Waals surface area contributed by atoms with Gasteiger partial charge in [-0.3, -0.25) is 4.79 Å². The van der Waals surface area contributed by atoms with Crippen LogP contribution in [0.4, 0.5) is 5.82 Å². The molecule has 0 aliphatic heterocycles. The SMILES string of the molecule is Cc1cc(N(C)C)nc(CNC(=O)c2cc(-c3ccco3)on2)n1. The summed E-state index contributed by atoms with van der Waals surface area (Å²) in [6.45, 7) is 2.08. The van der Waals surface area contributed by atoms with E-state index in [4.69, 9.17) is 8.94 Å². The molecule has 0 fully saturated rings. The molecule has 0 saturated carbocycles. The summed E-state index contributed by atoms with van der Waals surface area (Å²) in [6.07, 6.45) is 1.52. The van der Waals surface area contributed by atoms with E-state index in [1.807, 2.05) is 32.0 Å². The van der Waals surface area contributed by atoms with Crippen molar-refractivity contribution in [2.45, 2.75) is 13.5 Å². The second-order valence-electron chi connectivity index (χ2n) is 5.41. The van der Waals surface area contributed by atoms with Crippen molar-refractivity contribution < 1.29 is 13.7 Å². The lowest BCUT2D eigenvalue weighted by molar-refractivity contribution is 0.0941. The molecule has 124 valence electrons. The van der Waals surface area contributed by atoms with Crippen LogP contribution in [-0.4, -0.2) is 35.1 Å². The molecule has 0 atom stereocenters. The quantitative estimate of drug-likeness (QED) is 0.765. The van der Waals surface area contributed by atoms with Gasteiger partial charge in [0, 0.05) is 31.9 Å². The van der Waals surface area contributed by atoms with E-state index in [1.165, 1.54) is 12.3 Å². The van der Waals surface area contributed by atoms with Crippen molar-refractivity contribution in [1.82, 2.24) is 20.4 Å². The van der Waals surface area contributed by atoms with Gasteiger partial charge in [0.2, 0.25) is 5.76 Å². The van der Waals surface area contributed by atoms with Crippen molar-refractivity contribution in [3.8, 4) is 11.5 Å². The number of nitrogens with zero attached hydrogens (tertiary/aromatic N) is 4. The molecule has 0 unspecified atom stereocenters. The van der Waals surface area contributed by atoms with Gasteiger partial charge in [0.15, 0.2) is 11.5 Å². The molecule has 8 heteroatoms. The Balaban J connectivity index is 1.68. The molecule has 0 spiro atoms. The summed E-state index contributed by atoms with van der Waals surface area (Å²) >= 11 is 0. The standard InChI is InChI=1S/C16H17N5O3/c1-10-7-15(21(2)3)19-14(18-10)9-17-16(22)11-8-13(24-20-11)12-5-4-6-23-12/h4-8H,9H2,1-3H3,(H,17,22). The van der Waals surface area contributed by atoms with Crippen molar-refractivity contribution in [3.63, 3.8) is 0 Å². The van der Waals surface area contributed by atoms with Crippen LogP contribution >= 0.6 is 0 Å². The summed E-state index contributed by atoms with van der Waals surface area (Å²) in [5, 5.41) is 6.48. The van der Waals surface area contributed by atoms with E-state index in [0.717, 1.165) is 11.5 Å². The number of hydrogen-bond donors (Lipinski definition) is 1. The van der Waals surface area contributed by atoms with Crippen molar-refractivity contribution in [1.29, 1.82) is 0 Å². The lowest BCUT2D eigenvalue weighted by Crippen LogP contribution is -2.25. The van der Waals surface area contributed by atoms with Gasteiger partial charge in [0.25, 0.3) is 5.91 Å². The Labute approximate surface area is 138 Å². The number of anilines is 1. The molecule has 0 radical (unpaired) electrons. The first-order chi connectivity index (χ1) is 11.5. The molecule has 24 heavy (non-hydrogen) atoms. The smallest absolute Gasteiger partial charge is 0.273 e. The molecule has 1 amide bonds. The van der Waals surface area contributed by atoms with E-state index in [2.05, 4.69) is 20.4 Å². The summed E-state index contributed by atoms with van der Waals surface area (Å²) in [6, 6.07) is 6.86. The number of carbonyl (C=O) groups is 1. The maximum absolute atomic E-state index is 12.2. The molecule has 0 saturated heterocycles. The molecule has 3 rings (SSSR count). The van der Waals surface area contributed by atoms with Gasteiger partial charge >= 0.3 is 0 Å². The molecule has 0 bridgehead atoms. The first-order valence-electron chi connectivity index (χ1n) is 7.33. The van der Waals surface area contributed by atoms with Gasteiger partial charge in [-0.15, -0.1) is 0 Å². The molecular formula is C16H17N5O3. The monoisotopic (exact) mass is 327 g/mol. The van der Waals surface area contributed by atoms with Crippen LogP contribution in [0.1, 0.15) is 22.0 Å². The lowest BCUT2D eigenvalue weighted by atomic mass is 10.3. The zero-order valence-electron chi connectivity index (χ0n) is 13.6. The van der Waals surface area contributed by atoms with Gasteiger partial charge in [-0.25, -0.2) is 9.97 Å². The third kappa shape index (κ3) is 3.43. The maximum atomic E-state index is 12.2. The van der Waals surface area contributed by atoms with E-state index < -0.39 is 0 Å². The normalized spacial score (nSPS) is 10.6. The summed E-state index contributed by atoms with van der Waals surface area (Å²) in [4.78, 5) is 22.8. The van der Waals surface area contributed by atoms with Gasteiger partial charge in [0.1, 0.15) is 11.6 Å². The molecular weight excluding hydrogens is 310 g/mol. The number of aromatic nitrogens is 3. The van der Waals surface area contributed by atoms with Crippen LogP contribution in [-0.2, 0) is 6.54 Å². The van der Waals surface area contributed by atoms with Crippen LogP contribution in [0.2, 0.25) is 0 Å². The summed E-state index contributed by atoms with van der Waals surface area (Å²) in [5.41, 5.74) is 1.00. The molecule has 3 aromatic heterocycles. The fourth-order valence-electron chi connectivity index (χ4n) is 2.09. The van der Waals surface area contributed by atoms with Gasteiger partial charge in [-0.05, 0) is 19.1 Å². The van der Waals surface area contributed by atoms with E-state index in [-0.39, 0.29) is 18.1 Å². The van der Waals surface area contributed by atoms with Crippen molar-refractivity contribution in [3.05, 3.63) is 47.7 Å². The summed E-state index contributed by atoms with van der Waals surface area (Å²) in [7, 11) is 3.80. The number of amides is 1. The third-order valence-electron chi connectivity index (χ3n) is 3.26. The summed E-state index contributed by atoms with van der Waals surface area (Å²) < 4.78 is 10.3. The molecule has 3 aromatic rings. The molecule has 1 N–H and O–H groups in total. The zero-order chi connectivity index (χ0) is 17.1. The van der Waals surface area contributed by atoms with E-state index in [1.54, 1.807) is 12.1 Å². The minimum atomic E-state index is -0.368. The first-order valence-corrected chi connectivity index (χ1v) is 7.33. The highest BCUT2D eigenvalue weighted by Crippen LogP contribution is 2.20. The zero-order valence-corrected chi connectivity index (χ0v) is 13.6. The summed E-state index contributed by atoms with van der Waals surface area (Å²) in [5.74, 6) is 1.86. The molecule has 0 aromatic carbocycles. The second-order valence-corrected chi connectivity index (χ2v) is 5.41. The number of hydrogen-bond acceptors (Lipinski definition) is 7. The average Bonchev–Trinajstić information content (AvgIpc) is 3.22. The molecule has 0 aliphatic carbocycles. The Morgan fingerprint density at radius 2 is 2.08 bits per heavy atom. The average molecular weight is 327 g/mol. The minimum absolute atomic E-state index is 0.168. The number of aryl methyl sites for hydroxylation is 1. The first kappa shape index (κ1) is 15.7. The minimum Gasteiger partial charge on any atom is -0.461 e. The second kappa shape index (κ2) is 6.53. The highest BCUT2D eigenvalue weighted by Gasteiger charge is 2.15. The topological polar surface area (TPSA) is 97.3 Å². The van der Waals surface area contributed by atoms with Gasteiger partial charge in [-0.1, -0.05) is 5.16 Å². The van der Waals surface area contributed by atoms with Crippen molar-refractivity contribution >= 4 is 11.7 Å². The number of rotatable bonds is 5. The Bertz CT molecular complexity index is 839. The van der Waals surface area contributed by atoms with Gasteiger partial charge < -0.3 is 19.2 Å². The fourth-order valence-corrected chi connectivity index (χ4v) is 2.09. The largest absolute Gasteiger partial charge is 0.461 e. The predicted molar refractivity (Wildman–Crippen MR) is 86.5 cm³/mol. The number of nitrogens with one attached hydrogen (secondary N) is 1.